The second-order valence-corrected chi connectivity index (χ2v) is 7.31. The Balaban J connectivity index is 1.78. The van der Waals surface area contributed by atoms with Crippen LogP contribution in [0.25, 0.3) is 5.69 Å². The van der Waals surface area contributed by atoms with Crippen molar-refractivity contribution in [3.8, 4) is 5.69 Å². The van der Waals surface area contributed by atoms with Gasteiger partial charge in [-0.15, -0.1) is 5.10 Å². The highest BCUT2D eigenvalue weighted by atomic mass is 16.2. The number of aryl methyl sites for hydroxylation is 2. The van der Waals surface area contributed by atoms with Crippen molar-refractivity contribution in [3.05, 3.63) is 65.5 Å². The van der Waals surface area contributed by atoms with E-state index in [1.54, 1.807) is 18.2 Å². The molecular weight excluding hydrogens is 368 g/mol. The Kier molecular flexibility index (Phi) is 6.01. The number of carbonyl (C=O) groups is 2. The van der Waals surface area contributed by atoms with Crippen LogP contribution in [0.15, 0.2) is 48.8 Å². The molecule has 0 radical (unpaired) electrons. The predicted octanol–water partition coefficient (Wildman–Crippen LogP) is 2.67. The maximum atomic E-state index is 13.0. The van der Waals surface area contributed by atoms with E-state index >= 15 is 0 Å². The van der Waals surface area contributed by atoms with Crippen LogP contribution in [-0.2, 0) is 4.79 Å². The first-order valence-corrected chi connectivity index (χ1v) is 9.37. The molecule has 8 heteroatoms. The lowest BCUT2D eigenvalue weighted by Gasteiger charge is -2.22. The summed E-state index contributed by atoms with van der Waals surface area (Å²) in [6.07, 6.45) is 1.48. The maximum absolute atomic E-state index is 13.0. The maximum Gasteiger partial charge on any atom is 0.251 e. The summed E-state index contributed by atoms with van der Waals surface area (Å²) in [5, 5.41) is 16.9. The first-order valence-electron chi connectivity index (χ1n) is 9.37. The molecule has 0 bridgehead atoms. The number of nitrogens with one attached hydrogen (secondary N) is 2. The monoisotopic (exact) mass is 392 g/mol. The molecular formula is C21H24N6O2. The number of hydrogen-bond acceptors (Lipinski definition) is 5. The summed E-state index contributed by atoms with van der Waals surface area (Å²) < 4.78 is 1.51. The summed E-state index contributed by atoms with van der Waals surface area (Å²) in [7, 11) is 0. The molecule has 2 aromatic carbocycles. The first kappa shape index (κ1) is 20.2. The second kappa shape index (κ2) is 8.64. The topological polar surface area (TPSA) is 102 Å². The predicted molar refractivity (Wildman–Crippen MR) is 110 cm³/mol. The minimum atomic E-state index is -0.681. The fourth-order valence-electron chi connectivity index (χ4n) is 2.92. The van der Waals surface area contributed by atoms with E-state index in [0.29, 0.717) is 11.3 Å². The average molecular weight is 392 g/mol. The van der Waals surface area contributed by atoms with Gasteiger partial charge >= 0.3 is 0 Å². The zero-order valence-electron chi connectivity index (χ0n) is 16.9. The molecule has 0 fully saturated rings. The Morgan fingerprint density at radius 3 is 2.52 bits per heavy atom. The van der Waals surface area contributed by atoms with E-state index in [4.69, 9.17) is 0 Å². The zero-order chi connectivity index (χ0) is 21.0. The number of carbonyl (C=O) groups excluding carboxylic acids is 2. The van der Waals surface area contributed by atoms with E-state index in [-0.39, 0.29) is 17.7 Å². The molecule has 1 unspecified atom stereocenters. The van der Waals surface area contributed by atoms with Crippen LogP contribution in [0.3, 0.4) is 0 Å². The summed E-state index contributed by atoms with van der Waals surface area (Å²) in [5.41, 5.74) is 3.76. The Hall–Kier alpha value is -3.55. The molecule has 1 atom stereocenters. The van der Waals surface area contributed by atoms with E-state index in [0.717, 1.165) is 16.8 Å². The van der Waals surface area contributed by atoms with E-state index in [2.05, 4.69) is 26.2 Å². The van der Waals surface area contributed by atoms with Gasteiger partial charge in [-0.1, -0.05) is 37.6 Å². The first-order chi connectivity index (χ1) is 13.8. The van der Waals surface area contributed by atoms with Gasteiger partial charge in [0.2, 0.25) is 5.91 Å². The van der Waals surface area contributed by atoms with E-state index < -0.39 is 6.04 Å². The van der Waals surface area contributed by atoms with Crippen LogP contribution in [0, 0.1) is 19.8 Å². The van der Waals surface area contributed by atoms with E-state index in [9.17, 15) is 9.59 Å². The van der Waals surface area contributed by atoms with Crippen LogP contribution in [0.5, 0.6) is 0 Å². The van der Waals surface area contributed by atoms with Crippen LogP contribution >= 0.6 is 0 Å². The molecule has 0 aliphatic carbocycles. The van der Waals surface area contributed by atoms with Crippen molar-refractivity contribution >= 4 is 17.5 Å². The second-order valence-electron chi connectivity index (χ2n) is 7.31. The molecule has 1 aromatic heterocycles. The number of benzene rings is 2. The number of aromatic nitrogens is 4. The van der Waals surface area contributed by atoms with Crippen molar-refractivity contribution in [2.75, 3.05) is 5.32 Å². The summed E-state index contributed by atoms with van der Waals surface area (Å²) in [6.45, 7) is 7.61. The lowest BCUT2D eigenvalue weighted by molar-refractivity contribution is -0.118. The van der Waals surface area contributed by atoms with Gasteiger partial charge in [0.15, 0.2) is 0 Å². The molecule has 0 aliphatic rings. The molecule has 0 saturated carbocycles. The molecule has 2 amide bonds. The van der Waals surface area contributed by atoms with Crippen molar-refractivity contribution < 1.29 is 9.59 Å². The number of amides is 2. The highest BCUT2D eigenvalue weighted by Crippen LogP contribution is 2.20. The van der Waals surface area contributed by atoms with Gasteiger partial charge < -0.3 is 10.6 Å². The Labute approximate surface area is 169 Å². The molecule has 0 saturated heterocycles. The van der Waals surface area contributed by atoms with Crippen molar-refractivity contribution in [3.63, 3.8) is 0 Å². The van der Waals surface area contributed by atoms with E-state index in [1.807, 2.05) is 52.0 Å². The minimum Gasteiger partial charge on any atom is -0.340 e. The van der Waals surface area contributed by atoms with Crippen LogP contribution in [0.1, 0.15) is 35.3 Å². The molecule has 150 valence electrons. The average Bonchev–Trinajstić information content (AvgIpc) is 3.22. The fraction of sp³-hybridized carbons (Fsp3) is 0.286. The standard InChI is InChI=1S/C21H24N6O2/c1-13(2)19(24-20(28)16-7-5-6-14(3)10-16)21(29)23-18-11-17(9-8-15(18)4)27-12-22-25-26-27/h5-13,19H,1-4H3,(H,23,29)(H,24,28). The van der Waals surface area contributed by atoms with Crippen LogP contribution in [0.4, 0.5) is 5.69 Å². The molecule has 8 nitrogen and oxygen atoms in total. The molecule has 0 aliphatic heterocycles. The number of nitrogens with zero attached hydrogens (tertiary/aromatic N) is 4. The number of anilines is 1. The zero-order valence-corrected chi connectivity index (χ0v) is 16.9. The Bertz CT molecular complexity index is 1010. The van der Waals surface area contributed by atoms with Gasteiger partial charge in [-0.2, -0.15) is 0 Å². The molecule has 3 rings (SSSR count). The third-order valence-electron chi connectivity index (χ3n) is 4.61. The lowest BCUT2D eigenvalue weighted by atomic mass is 10.0. The third-order valence-corrected chi connectivity index (χ3v) is 4.61. The largest absolute Gasteiger partial charge is 0.340 e. The number of hydrogen-bond donors (Lipinski definition) is 2. The van der Waals surface area contributed by atoms with Crippen molar-refractivity contribution in [2.45, 2.75) is 33.7 Å². The summed E-state index contributed by atoms with van der Waals surface area (Å²) in [4.78, 5) is 25.6. The molecule has 29 heavy (non-hydrogen) atoms. The molecule has 3 aromatic rings. The highest BCUT2D eigenvalue weighted by molar-refractivity contribution is 6.01. The van der Waals surface area contributed by atoms with Gasteiger partial charge in [0.25, 0.3) is 5.91 Å². The molecule has 2 N–H and O–H groups in total. The minimum absolute atomic E-state index is 0.0910. The summed E-state index contributed by atoms with van der Waals surface area (Å²) in [6, 6.07) is 12.1. The normalized spacial score (nSPS) is 11.9. The van der Waals surface area contributed by atoms with Crippen molar-refractivity contribution in [2.24, 2.45) is 5.92 Å². The highest BCUT2D eigenvalue weighted by Gasteiger charge is 2.25. The number of rotatable bonds is 6. The van der Waals surface area contributed by atoms with Crippen molar-refractivity contribution in [1.82, 2.24) is 25.5 Å². The van der Waals surface area contributed by atoms with Gasteiger partial charge in [0.1, 0.15) is 12.4 Å². The van der Waals surface area contributed by atoms with Gasteiger partial charge in [0.05, 0.1) is 5.69 Å². The fourth-order valence-corrected chi connectivity index (χ4v) is 2.92. The van der Waals surface area contributed by atoms with Crippen LogP contribution in [0.2, 0.25) is 0 Å². The van der Waals surface area contributed by atoms with Gasteiger partial charge in [-0.3, -0.25) is 9.59 Å². The Morgan fingerprint density at radius 1 is 1.07 bits per heavy atom. The summed E-state index contributed by atoms with van der Waals surface area (Å²) in [5.74, 6) is -0.647. The SMILES string of the molecule is Cc1cccc(C(=O)NC(C(=O)Nc2cc(-n3cnnn3)ccc2C)C(C)C)c1. The molecule has 0 spiro atoms. The smallest absolute Gasteiger partial charge is 0.251 e. The van der Waals surface area contributed by atoms with E-state index in [1.165, 1.54) is 11.0 Å². The van der Waals surface area contributed by atoms with Gasteiger partial charge in [-0.05, 0) is 60.0 Å². The number of tetrazole rings is 1. The summed E-state index contributed by atoms with van der Waals surface area (Å²) >= 11 is 0. The van der Waals surface area contributed by atoms with Crippen LogP contribution in [-0.4, -0.2) is 38.1 Å². The van der Waals surface area contributed by atoms with Crippen LogP contribution < -0.4 is 10.6 Å². The quantitative estimate of drug-likeness (QED) is 0.671. The van der Waals surface area contributed by atoms with Crippen molar-refractivity contribution in [1.29, 1.82) is 0 Å². The molecule has 1 heterocycles. The lowest BCUT2D eigenvalue weighted by Crippen LogP contribution is -2.47. The van der Waals surface area contributed by atoms with Gasteiger partial charge in [0, 0.05) is 11.3 Å². The third kappa shape index (κ3) is 4.84. The van der Waals surface area contributed by atoms with Gasteiger partial charge in [-0.25, -0.2) is 4.68 Å². The Morgan fingerprint density at radius 2 is 1.86 bits per heavy atom.